The predicted octanol–water partition coefficient (Wildman–Crippen LogP) is 4.17. The SMILES string of the molecule is COc1ccc(C(=O)CC(C)SC)c2ccccc12. The molecule has 100 valence electrons. The van der Waals surface area contributed by atoms with E-state index in [1.54, 1.807) is 18.9 Å². The fourth-order valence-corrected chi connectivity index (χ4v) is 2.46. The Bertz CT molecular complexity index is 592. The first kappa shape index (κ1) is 13.9. The van der Waals surface area contributed by atoms with E-state index in [0.29, 0.717) is 11.7 Å². The van der Waals surface area contributed by atoms with Crippen molar-refractivity contribution in [2.75, 3.05) is 13.4 Å². The molecule has 0 fully saturated rings. The smallest absolute Gasteiger partial charge is 0.164 e. The van der Waals surface area contributed by atoms with E-state index in [4.69, 9.17) is 4.74 Å². The highest BCUT2D eigenvalue weighted by Gasteiger charge is 2.14. The molecular weight excluding hydrogens is 256 g/mol. The van der Waals surface area contributed by atoms with E-state index < -0.39 is 0 Å². The number of fused-ring (bicyclic) bond motifs is 1. The molecular formula is C16H18O2S. The maximum atomic E-state index is 12.4. The minimum atomic E-state index is 0.195. The molecule has 3 heteroatoms. The number of Topliss-reactive ketones (excluding diaryl/α,β-unsaturated/α-hetero) is 1. The first-order valence-electron chi connectivity index (χ1n) is 6.29. The van der Waals surface area contributed by atoms with Crippen molar-refractivity contribution in [3.8, 4) is 5.75 Å². The van der Waals surface area contributed by atoms with Crippen molar-refractivity contribution in [3.05, 3.63) is 42.0 Å². The molecule has 1 unspecified atom stereocenters. The molecule has 0 saturated carbocycles. The summed E-state index contributed by atoms with van der Waals surface area (Å²) in [6.07, 6.45) is 2.60. The largest absolute Gasteiger partial charge is 0.496 e. The van der Waals surface area contributed by atoms with Crippen molar-refractivity contribution in [3.63, 3.8) is 0 Å². The Morgan fingerprint density at radius 2 is 1.89 bits per heavy atom. The molecule has 2 rings (SSSR count). The first-order chi connectivity index (χ1) is 9.17. The van der Waals surface area contributed by atoms with Crippen LogP contribution in [0.3, 0.4) is 0 Å². The first-order valence-corrected chi connectivity index (χ1v) is 7.58. The molecule has 0 aliphatic carbocycles. The van der Waals surface area contributed by atoms with Crippen LogP contribution in [0.25, 0.3) is 10.8 Å². The van der Waals surface area contributed by atoms with Crippen molar-refractivity contribution in [1.29, 1.82) is 0 Å². The van der Waals surface area contributed by atoms with Crippen LogP contribution in [0.1, 0.15) is 23.7 Å². The Labute approximate surface area is 118 Å². The molecule has 0 bridgehead atoms. The lowest BCUT2D eigenvalue weighted by atomic mass is 9.98. The predicted molar refractivity (Wildman–Crippen MR) is 82.4 cm³/mol. The van der Waals surface area contributed by atoms with E-state index in [2.05, 4.69) is 6.92 Å². The summed E-state index contributed by atoms with van der Waals surface area (Å²) < 4.78 is 5.35. The summed E-state index contributed by atoms with van der Waals surface area (Å²) >= 11 is 1.72. The zero-order valence-electron chi connectivity index (χ0n) is 11.5. The lowest BCUT2D eigenvalue weighted by Crippen LogP contribution is -2.07. The lowest BCUT2D eigenvalue weighted by molar-refractivity contribution is 0.0985. The average Bonchev–Trinajstić information content (AvgIpc) is 2.45. The molecule has 0 heterocycles. The van der Waals surface area contributed by atoms with Gasteiger partial charge in [0.25, 0.3) is 0 Å². The lowest BCUT2D eigenvalue weighted by Gasteiger charge is -2.11. The standard InChI is InChI=1S/C16H18O2S/c1-11(19-3)10-15(17)13-8-9-16(18-2)14-7-5-4-6-12(13)14/h4-9,11H,10H2,1-3H3. The quantitative estimate of drug-likeness (QED) is 0.765. The zero-order valence-corrected chi connectivity index (χ0v) is 12.3. The minimum Gasteiger partial charge on any atom is -0.496 e. The number of hydrogen-bond acceptors (Lipinski definition) is 3. The number of thioether (sulfide) groups is 1. The maximum Gasteiger partial charge on any atom is 0.164 e. The van der Waals surface area contributed by atoms with Gasteiger partial charge in [-0.25, -0.2) is 0 Å². The van der Waals surface area contributed by atoms with Crippen LogP contribution in [0.5, 0.6) is 5.75 Å². The molecule has 0 radical (unpaired) electrons. The summed E-state index contributed by atoms with van der Waals surface area (Å²) in [5.74, 6) is 1.01. The van der Waals surface area contributed by atoms with Gasteiger partial charge in [-0.1, -0.05) is 31.2 Å². The van der Waals surface area contributed by atoms with E-state index in [1.807, 2.05) is 42.7 Å². The summed E-state index contributed by atoms with van der Waals surface area (Å²) in [4.78, 5) is 12.4. The maximum absolute atomic E-state index is 12.4. The van der Waals surface area contributed by atoms with Gasteiger partial charge in [-0.15, -0.1) is 0 Å². The van der Waals surface area contributed by atoms with E-state index in [0.717, 1.165) is 22.1 Å². The molecule has 0 saturated heterocycles. The summed E-state index contributed by atoms with van der Waals surface area (Å²) in [5.41, 5.74) is 0.789. The molecule has 0 aromatic heterocycles. The molecule has 0 aliphatic rings. The van der Waals surface area contributed by atoms with Gasteiger partial charge >= 0.3 is 0 Å². The molecule has 1 atom stereocenters. The third kappa shape index (κ3) is 2.92. The Morgan fingerprint density at radius 3 is 2.53 bits per heavy atom. The molecule has 19 heavy (non-hydrogen) atoms. The van der Waals surface area contributed by atoms with Gasteiger partial charge in [0.2, 0.25) is 0 Å². The van der Waals surface area contributed by atoms with Crippen LogP contribution in [-0.2, 0) is 0 Å². The van der Waals surface area contributed by atoms with Crippen molar-refractivity contribution >= 4 is 28.3 Å². The second kappa shape index (κ2) is 6.11. The number of ketones is 1. The Hall–Kier alpha value is -1.48. The molecule has 2 aromatic carbocycles. The highest BCUT2D eigenvalue weighted by atomic mass is 32.2. The van der Waals surface area contributed by atoms with Crippen LogP contribution in [0.4, 0.5) is 0 Å². The Kier molecular flexibility index (Phi) is 4.48. The molecule has 0 aliphatic heterocycles. The summed E-state index contributed by atoms with van der Waals surface area (Å²) in [7, 11) is 1.65. The fraction of sp³-hybridized carbons (Fsp3) is 0.312. The molecule has 0 N–H and O–H groups in total. The number of carbonyl (C=O) groups is 1. The van der Waals surface area contributed by atoms with Crippen LogP contribution in [0.2, 0.25) is 0 Å². The van der Waals surface area contributed by atoms with Gasteiger partial charge in [-0.05, 0) is 23.8 Å². The number of methoxy groups -OCH3 is 1. The van der Waals surface area contributed by atoms with E-state index in [9.17, 15) is 4.79 Å². The van der Waals surface area contributed by atoms with E-state index in [-0.39, 0.29) is 5.78 Å². The molecule has 2 nitrogen and oxygen atoms in total. The van der Waals surface area contributed by atoms with Crippen molar-refractivity contribution in [2.45, 2.75) is 18.6 Å². The van der Waals surface area contributed by atoms with Crippen LogP contribution in [0.15, 0.2) is 36.4 Å². The number of benzene rings is 2. The number of carbonyl (C=O) groups excluding carboxylic acids is 1. The number of hydrogen-bond donors (Lipinski definition) is 0. The van der Waals surface area contributed by atoms with Gasteiger partial charge in [-0.3, -0.25) is 4.79 Å². The topological polar surface area (TPSA) is 26.3 Å². The number of rotatable bonds is 5. The highest BCUT2D eigenvalue weighted by molar-refractivity contribution is 7.99. The van der Waals surface area contributed by atoms with Gasteiger partial charge in [0, 0.05) is 22.6 Å². The van der Waals surface area contributed by atoms with Gasteiger partial charge < -0.3 is 4.74 Å². The molecule has 0 spiro atoms. The summed E-state index contributed by atoms with van der Waals surface area (Å²) in [6.45, 7) is 2.08. The van der Waals surface area contributed by atoms with Crippen LogP contribution in [0, 0.1) is 0 Å². The highest BCUT2D eigenvalue weighted by Crippen LogP contribution is 2.29. The minimum absolute atomic E-state index is 0.195. The van der Waals surface area contributed by atoms with Crippen molar-refractivity contribution < 1.29 is 9.53 Å². The van der Waals surface area contributed by atoms with Crippen molar-refractivity contribution in [1.82, 2.24) is 0 Å². The normalized spacial score (nSPS) is 12.4. The molecule has 0 amide bonds. The number of ether oxygens (including phenoxy) is 1. The average molecular weight is 274 g/mol. The van der Waals surface area contributed by atoms with Gasteiger partial charge in [0.1, 0.15) is 5.75 Å². The zero-order chi connectivity index (χ0) is 13.8. The summed E-state index contributed by atoms with van der Waals surface area (Å²) in [5, 5.41) is 2.31. The Morgan fingerprint density at radius 1 is 1.21 bits per heavy atom. The van der Waals surface area contributed by atoms with Crippen LogP contribution >= 0.6 is 11.8 Å². The van der Waals surface area contributed by atoms with Crippen LogP contribution < -0.4 is 4.74 Å². The van der Waals surface area contributed by atoms with Gasteiger partial charge in [0.15, 0.2) is 5.78 Å². The second-order valence-electron chi connectivity index (χ2n) is 4.53. The van der Waals surface area contributed by atoms with Crippen molar-refractivity contribution in [2.24, 2.45) is 0 Å². The summed E-state index contributed by atoms with van der Waals surface area (Å²) in [6, 6.07) is 11.6. The second-order valence-corrected chi connectivity index (χ2v) is 5.81. The molecule has 2 aromatic rings. The monoisotopic (exact) mass is 274 g/mol. The van der Waals surface area contributed by atoms with E-state index >= 15 is 0 Å². The Balaban J connectivity index is 2.47. The third-order valence-electron chi connectivity index (χ3n) is 3.28. The van der Waals surface area contributed by atoms with Gasteiger partial charge in [0.05, 0.1) is 7.11 Å². The van der Waals surface area contributed by atoms with E-state index in [1.165, 1.54) is 0 Å². The van der Waals surface area contributed by atoms with Crippen LogP contribution in [-0.4, -0.2) is 24.4 Å². The fourth-order valence-electron chi connectivity index (χ4n) is 2.15. The van der Waals surface area contributed by atoms with Gasteiger partial charge in [-0.2, -0.15) is 11.8 Å². The third-order valence-corrected chi connectivity index (χ3v) is 4.25.